The van der Waals surface area contributed by atoms with Crippen LogP contribution in [0.5, 0.6) is 0 Å². The fourth-order valence-electron chi connectivity index (χ4n) is 8.01. The van der Waals surface area contributed by atoms with Gasteiger partial charge in [0, 0.05) is 0 Å². The molecule has 0 aromatic heterocycles. The van der Waals surface area contributed by atoms with Crippen LogP contribution in [0.3, 0.4) is 0 Å². The third-order valence-corrected chi connectivity index (χ3v) is 9.75. The molecule has 0 radical (unpaired) electrons. The van der Waals surface area contributed by atoms with E-state index in [1.165, 1.54) is 51.4 Å². The molecule has 158 valence electrons. The van der Waals surface area contributed by atoms with Gasteiger partial charge in [0.05, 0.1) is 6.10 Å². The number of hydrogen-bond donors (Lipinski definition) is 1. The normalized spacial score (nSPS) is 43.7. The molecule has 0 heterocycles. The van der Waals surface area contributed by atoms with E-state index in [2.05, 4.69) is 46.8 Å². The number of fused-ring (bicyclic) bond motifs is 5. The highest BCUT2D eigenvalue weighted by Crippen LogP contribution is 2.66. The molecule has 3 saturated carbocycles. The van der Waals surface area contributed by atoms with Gasteiger partial charge in [-0.25, -0.2) is 0 Å². The molecule has 1 heteroatoms. The quantitative estimate of drug-likeness (QED) is 0.527. The lowest BCUT2D eigenvalue weighted by Gasteiger charge is -2.55. The Hall–Kier alpha value is -0.560. The molecule has 0 amide bonds. The first-order valence-electron chi connectivity index (χ1n) is 12.3. The molecule has 7 atom stereocenters. The predicted molar refractivity (Wildman–Crippen MR) is 119 cm³/mol. The predicted octanol–water partition coefficient (Wildman–Crippen LogP) is 7.31. The lowest BCUT2D eigenvalue weighted by molar-refractivity contribution is 0.0323. The summed E-state index contributed by atoms with van der Waals surface area (Å²) in [5.41, 5.74) is 4.19. The first-order valence-corrected chi connectivity index (χ1v) is 12.3. The van der Waals surface area contributed by atoms with Crippen molar-refractivity contribution in [3.8, 4) is 0 Å². The van der Waals surface area contributed by atoms with Crippen molar-refractivity contribution in [3.63, 3.8) is 0 Å². The van der Waals surface area contributed by atoms with Crippen molar-refractivity contribution in [1.29, 1.82) is 0 Å². The second-order valence-electron chi connectivity index (χ2n) is 11.8. The van der Waals surface area contributed by atoms with Crippen molar-refractivity contribution in [3.05, 3.63) is 23.3 Å². The van der Waals surface area contributed by atoms with Crippen LogP contribution in [0.1, 0.15) is 98.8 Å². The smallest absolute Gasteiger partial charge is 0.0578 e. The largest absolute Gasteiger partial charge is 0.393 e. The molecule has 4 rings (SSSR count). The van der Waals surface area contributed by atoms with Gasteiger partial charge in [0.15, 0.2) is 0 Å². The van der Waals surface area contributed by atoms with Gasteiger partial charge >= 0.3 is 0 Å². The number of allylic oxidation sites excluding steroid dienone is 3. The number of aliphatic hydroxyl groups is 1. The SMILES string of the molecule is CC(C)CCC[C@H](C)[C@@H]1CC[C@@H]2C3=CC=C4C[C@H](O)CC[C@]4(C)[C@@H]3CC[C@]21C. The molecule has 1 N–H and O–H groups in total. The van der Waals surface area contributed by atoms with Crippen molar-refractivity contribution >= 4 is 0 Å². The van der Waals surface area contributed by atoms with Gasteiger partial charge in [-0.15, -0.1) is 0 Å². The van der Waals surface area contributed by atoms with Crippen LogP contribution in [0.25, 0.3) is 0 Å². The van der Waals surface area contributed by atoms with Gasteiger partial charge in [0.25, 0.3) is 0 Å². The number of aliphatic hydroxyl groups excluding tert-OH is 1. The summed E-state index contributed by atoms with van der Waals surface area (Å²) in [6.45, 7) is 12.5. The van der Waals surface area contributed by atoms with Crippen LogP contribution in [0.4, 0.5) is 0 Å². The van der Waals surface area contributed by atoms with Gasteiger partial charge in [-0.1, -0.05) is 77.2 Å². The molecule has 0 unspecified atom stereocenters. The Kier molecular flexibility index (Phi) is 5.62. The summed E-state index contributed by atoms with van der Waals surface area (Å²) >= 11 is 0. The van der Waals surface area contributed by atoms with Crippen LogP contribution >= 0.6 is 0 Å². The number of hydrogen-bond acceptors (Lipinski definition) is 1. The van der Waals surface area contributed by atoms with E-state index < -0.39 is 0 Å². The van der Waals surface area contributed by atoms with E-state index in [1.807, 2.05) is 0 Å². The first kappa shape index (κ1) is 20.7. The average molecular weight is 385 g/mol. The molecule has 0 saturated heterocycles. The maximum Gasteiger partial charge on any atom is 0.0578 e. The Morgan fingerprint density at radius 1 is 0.964 bits per heavy atom. The fraction of sp³-hybridized carbons (Fsp3) is 0.852. The van der Waals surface area contributed by atoms with Crippen LogP contribution in [0.2, 0.25) is 0 Å². The summed E-state index contributed by atoms with van der Waals surface area (Å²) in [4.78, 5) is 0. The highest BCUT2D eigenvalue weighted by molar-refractivity contribution is 5.38. The van der Waals surface area contributed by atoms with E-state index in [-0.39, 0.29) is 6.10 Å². The Balaban J connectivity index is 1.53. The fourth-order valence-corrected chi connectivity index (χ4v) is 8.01. The maximum absolute atomic E-state index is 10.2. The second kappa shape index (κ2) is 7.60. The molecule has 4 aliphatic carbocycles. The van der Waals surface area contributed by atoms with Gasteiger partial charge in [0.1, 0.15) is 0 Å². The monoisotopic (exact) mass is 384 g/mol. The van der Waals surface area contributed by atoms with E-state index >= 15 is 0 Å². The minimum atomic E-state index is -0.106. The van der Waals surface area contributed by atoms with Gasteiger partial charge in [-0.3, -0.25) is 0 Å². The topological polar surface area (TPSA) is 20.2 Å². The summed E-state index contributed by atoms with van der Waals surface area (Å²) < 4.78 is 0. The maximum atomic E-state index is 10.2. The lowest BCUT2D eigenvalue weighted by Crippen LogP contribution is -2.46. The van der Waals surface area contributed by atoms with Gasteiger partial charge in [-0.05, 0) is 85.4 Å². The standard InChI is InChI=1S/C27H44O/c1-18(2)7-6-8-19(3)23-11-12-24-22-10-9-20-17-21(28)13-15-26(20,4)25(22)14-16-27(23,24)5/h9-10,18-19,21,23-25,28H,6-8,11-17H2,1-5H3/t19-,21+,23-,24+,25+,26-,27-/m0/s1. The molecule has 1 nitrogen and oxygen atoms in total. The summed E-state index contributed by atoms with van der Waals surface area (Å²) in [5, 5.41) is 10.2. The molecule has 3 fully saturated rings. The molecule has 0 bridgehead atoms. The molecule has 28 heavy (non-hydrogen) atoms. The zero-order chi connectivity index (χ0) is 20.1. The zero-order valence-corrected chi connectivity index (χ0v) is 19.1. The van der Waals surface area contributed by atoms with E-state index in [0.717, 1.165) is 42.4 Å². The average Bonchev–Trinajstić information content (AvgIpc) is 2.99. The minimum Gasteiger partial charge on any atom is -0.393 e. The lowest BCUT2D eigenvalue weighted by atomic mass is 9.50. The number of rotatable bonds is 5. The van der Waals surface area contributed by atoms with Crippen molar-refractivity contribution in [2.45, 2.75) is 105 Å². The third kappa shape index (κ3) is 3.34. The molecular weight excluding hydrogens is 340 g/mol. The van der Waals surface area contributed by atoms with Crippen LogP contribution in [-0.2, 0) is 0 Å². The van der Waals surface area contributed by atoms with E-state index in [1.54, 1.807) is 11.1 Å². The van der Waals surface area contributed by atoms with E-state index in [4.69, 9.17) is 0 Å². The molecule has 4 aliphatic rings. The molecule has 0 spiro atoms. The van der Waals surface area contributed by atoms with Gasteiger partial charge in [-0.2, -0.15) is 0 Å². The zero-order valence-electron chi connectivity index (χ0n) is 19.1. The van der Waals surface area contributed by atoms with Gasteiger partial charge in [0.2, 0.25) is 0 Å². The highest BCUT2D eigenvalue weighted by Gasteiger charge is 2.56. The van der Waals surface area contributed by atoms with Crippen LogP contribution in [0.15, 0.2) is 23.3 Å². The Bertz CT molecular complexity index is 643. The summed E-state index contributed by atoms with van der Waals surface area (Å²) in [7, 11) is 0. The summed E-state index contributed by atoms with van der Waals surface area (Å²) in [6.07, 6.45) is 17.8. The van der Waals surface area contributed by atoms with Crippen molar-refractivity contribution in [1.82, 2.24) is 0 Å². The van der Waals surface area contributed by atoms with Gasteiger partial charge < -0.3 is 5.11 Å². The summed E-state index contributed by atoms with van der Waals surface area (Å²) in [6, 6.07) is 0. The summed E-state index contributed by atoms with van der Waals surface area (Å²) in [5.74, 6) is 4.19. The minimum absolute atomic E-state index is 0.106. The van der Waals surface area contributed by atoms with Crippen LogP contribution in [0, 0.1) is 40.4 Å². The van der Waals surface area contributed by atoms with E-state index in [0.29, 0.717) is 10.8 Å². The Morgan fingerprint density at radius 3 is 2.50 bits per heavy atom. The Labute approximate surface area is 174 Å². The van der Waals surface area contributed by atoms with Crippen molar-refractivity contribution < 1.29 is 5.11 Å². The van der Waals surface area contributed by atoms with Crippen LogP contribution < -0.4 is 0 Å². The van der Waals surface area contributed by atoms with Crippen molar-refractivity contribution in [2.75, 3.05) is 0 Å². The first-order chi connectivity index (χ1) is 13.3. The molecule has 0 aliphatic heterocycles. The highest BCUT2D eigenvalue weighted by atomic mass is 16.3. The molecule has 0 aromatic carbocycles. The van der Waals surface area contributed by atoms with E-state index in [9.17, 15) is 5.11 Å². The van der Waals surface area contributed by atoms with Crippen LogP contribution in [-0.4, -0.2) is 11.2 Å². The molecule has 0 aromatic rings. The second-order valence-corrected chi connectivity index (χ2v) is 11.8. The third-order valence-electron chi connectivity index (χ3n) is 9.75. The molecular formula is C27H44O. The Morgan fingerprint density at radius 2 is 1.75 bits per heavy atom. The van der Waals surface area contributed by atoms with Crippen molar-refractivity contribution in [2.24, 2.45) is 40.4 Å².